The van der Waals surface area contributed by atoms with Crippen molar-refractivity contribution in [3.8, 4) is 17.1 Å². The molecular weight excluding hydrogens is 384 g/mol. The Hall–Kier alpha value is -3.45. The zero-order chi connectivity index (χ0) is 21.3. The summed E-state index contributed by atoms with van der Waals surface area (Å²) in [5.41, 5.74) is 1.39. The number of methoxy groups -OCH3 is 2. The maximum atomic E-state index is 13.4. The van der Waals surface area contributed by atoms with E-state index < -0.39 is 11.0 Å². The van der Waals surface area contributed by atoms with Crippen molar-refractivity contribution in [1.82, 2.24) is 9.55 Å². The number of fused-ring (bicyclic) bond motifs is 2. The summed E-state index contributed by atoms with van der Waals surface area (Å²) in [6.07, 6.45) is 0.610. The smallest absolute Gasteiger partial charge is 0.269 e. The molecule has 0 unspecified atom stereocenters. The molecule has 0 aliphatic heterocycles. The minimum absolute atomic E-state index is 0.0179. The third-order valence-electron chi connectivity index (χ3n) is 5.04. The van der Waals surface area contributed by atoms with Crippen molar-refractivity contribution < 1.29 is 13.9 Å². The number of aryl methyl sites for hydroxylation is 1. The second kappa shape index (κ2) is 8.12. The Kier molecular flexibility index (Phi) is 5.37. The molecule has 0 saturated heterocycles. The SMILES string of the molecule is COCCCn1c(-c2ccc(C)cc2)nc2oc3cc(OC)ccc3c(=O)c2c1=O. The van der Waals surface area contributed by atoms with Gasteiger partial charge in [-0.05, 0) is 25.5 Å². The van der Waals surface area contributed by atoms with Crippen molar-refractivity contribution in [3.63, 3.8) is 0 Å². The molecule has 7 nitrogen and oxygen atoms in total. The summed E-state index contributed by atoms with van der Waals surface area (Å²) in [5, 5.41) is 0.259. The van der Waals surface area contributed by atoms with Crippen LogP contribution in [0.5, 0.6) is 5.75 Å². The third-order valence-corrected chi connectivity index (χ3v) is 5.04. The number of ether oxygens (including phenoxy) is 2. The zero-order valence-electron chi connectivity index (χ0n) is 17.1. The molecule has 2 aromatic heterocycles. The minimum Gasteiger partial charge on any atom is -0.497 e. The molecule has 154 valence electrons. The Morgan fingerprint density at radius 3 is 2.53 bits per heavy atom. The maximum Gasteiger partial charge on any atom is 0.269 e. The fraction of sp³-hybridized carbons (Fsp3) is 0.261. The van der Waals surface area contributed by atoms with Crippen LogP contribution in [0.15, 0.2) is 56.5 Å². The van der Waals surface area contributed by atoms with Gasteiger partial charge in [0.1, 0.15) is 17.2 Å². The zero-order valence-corrected chi connectivity index (χ0v) is 17.1. The van der Waals surface area contributed by atoms with Crippen molar-refractivity contribution in [1.29, 1.82) is 0 Å². The van der Waals surface area contributed by atoms with E-state index in [9.17, 15) is 9.59 Å². The second-order valence-electron chi connectivity index (χ2n) is 7.08. The van der Waals surface area contributed by atoms with Gasteiger partial charge in [0.15, 0.2) is 5.39 Å². The van der Waals surface area contributed by atoms with Crippen LogP contribution in [0.1, 0.15) is 12.0 Å². The van der Waals surface area contributed by atoms with Gasteiger partial charge in [-0.15, -0.1) is 0 Å². The largest absolute Gasteiger partial charge is 0.497 e. The van der Waals surface area contributed by atoms with Gasteiger partial charge >= 0.3 is 0 Å². The first-order chi connectivity index (χ1) is 14.5. The van der Waals surface area contributed by atoms with Gasteiger partial charge in [-0.25, -0.2) is 0 Å². The van der Waals surface area contributed by atoms with Crippen LogP contribution in [-0.4, -0.2) is 30.4 Å². The predicted molar refractivity (Wildman–Crippen MR) is 115 cm³/mol. The van der Waals surface area contributed by atoms with Gasteiger partial charge in [-0.2, -0.15) is 4.98 Å². The lowest BCUT2D eigenvalue weighted by molar-refractivity contribution is 0.190. The molecular formula is C23H22N2O5. The van der Waals surface area contributed by atoms with Crippen molar-refractivity contribution in [2.24, 2.45) is 0 Å². The van der Waals surface area contributed by atoms with E-state index in [1.165, 1.54) is 11.7 Å². The molecule has 0 aliphatic carbocycles. The van der Waals surface area contributed by atoms with Gasteiger partial charge < -0.3 is 13.9 Å². The molecule has 7 heteroatoms. The van der Waals surface area contributed by atoms with Crippen molar-refractivity contribution >= 4 is 22.1 Å². The molecule has 0 aliphatic rings. The molecule has 2 heterocycles. The molecule has 0 atom stereocenters. The predicted octanol–water partition coefficient (Wildman–Crippen LogP) is 3.52. The van der Waals surface area contributed by atoms with Crippen molar-refractivity contribution in [2.45, 2.75) is 19.9 Å². The Balaban J connectivity index is 2.03. The molecule has 4 aromatic rings. The molecule has 0 amide bonds. The number of hydrogen-bond acceptors (Lipinski definition) is 6. The van der Waals surface area contributed by atoms with Gasteiger partial charge in [0.25, 0.3) is 5.56 Å². The standard InChI is InChI=1S/C23H22N2O5/c1-14-5-7-15(8-6-14)21-24-22-19(23(27)25(21)11-4-12-28-2)20(26)17-10-9-16(29-3)13-18(17)30-22/h5-10,13H,4,11-12H2,1-3H3. The molecule has 4 rings (SSSR count). The highest BCUT2D eigenvalue weighted by atomic mass is 16.5. The highest BCUT2D eigenvalue weighted by molar-refractivity contribution is 5.89. The summed E-state index contributed by atoms with van der Waals surface area (Å²) < 4.78 is 17.8. The molecule has 0 fully saturated rings. The lowest BCUT2D eigenvalue weighted by Crippen LogP contribution is -2.28. The topological polar surface area (TPSA) is 83.6 Å². The number of nitrogens with zero attached hydrogens (tertiary/aromatic N) is 2. The first-order valence-electron chi connectivity index (χ1n) is 9.65. The molecule has 0 saturated carbocycles. The highest BCUT2D eigenvalue weighted by Crippen LogP contribution is 2.23. The number of aromatic nitrogens is 2. The van der Waals surface area contributed by atoms with Crippen molar-refractivity contribution in [2.75, 3.05) is 20.8 Å². The second-order valence-corrected chi connectivity index (χ2v) is 7.08. The fourth-order valence-corrected chi connectivity index (χ4v) is 3.44. The Morgan fingerprint density at radius 2 is 1.83 bits per heavy atom. The maximum absolute atomic E-state index is 13.4. The van der Waals surface area contributed by atoms with Gasteiger partial charge in [-0.1, -0.05) is 29.8 Å². The van der Waals surface area contributed by atoms with Gasteiger partial charge in [0.2, 0.25) is 11.1 Å². The first kappa shape index (κ1) is 19.8. The number of rotatable bonds is 6. The first-order valence-corrected chi connectivity index (χ1v) is 9.65. The van der Waals surface area contributed by atoms with E-state index in [1.54, 1.807) is 25.3 Å². The van der Waals surface area contributed by atoms with Crippen LogP contribution in [0.3, 0.4) is 0 Å². The van der Waals surface area contributed by atoms with Crippen LogP contribution in [0.2, 0.25) is 0 Å². The summed E-state index contributed by atoms with van der Waals surface area (Å²) in [5.74, 6) is 1.01. The van der Waals surface area contributed by atoms with Crippen LogP contribution in [0.25, 0.3) is 33.5 Å². The van der Waals surface area contributed by atoms with E-state index in [1.807, 2.05) is 31.2 Å². The van der Waals surface area contributed by atoms with E-state index in [0.717, 1.165) is 11.1 Å². The lowest BCUT2D eigenvalue weighted by atomic mass is 10.1. The molecule has 30 heavy (non-hydrogen) atoms. The van der Waals surface area contributed by atoms with E-state index in [0.29, 0.717) is 42.1 Å². The molecule has 0 spiro atoms. The summed E-state index contributed by atoms with van der Waals surface area (Å²) >= 11 is 0. The van der Waals surface area contributed by atoms with E-state index in [4.69, 9.17) is 13.9 Å². The normalized spacial score (nSPS) is 11.3. The Morgan fingerprint density at radius 1 is 1.07 bits per heavy atom. The van der Waals surface area contributed by atoms with Gasteiger partial charge in [-0.3, -0.25) is 14.2 Å². The van der Waals surface area contributed by atoms with Crippen LogP contribution in [0.4, 0.5) is 0 Å². The molecule has 0 N–H and O–H groups in total. The number of hydrogen-bond donors (Lipinski definition) is 0. The fourth-order valence-electron chi connectivity index (χ4n) is 3.44. The molecule has 0 bridgehead atoms. The summed E-state index contributed by atoms with van der Waals surface area (Å²) in [6.45, 7) is 2.85. The monoisotopic (exact) mass is 406 g/mol. The summed E-state index contributed by atoms with van der Waals surface area (Å²) in [6, 6.07) is 12.6. The minimum atomic E-state index is -0.418. The van der Waals surface area contributed by atoms with Crippen LogP contribution < -0.4 is 15.7 Å². The van der Waals surface area contributed by atoms with Gasteiger partial charge in [0, 0.05) is 31.9 Å². The van der Waals surface area contributed by atoms with Crippen molar-refractivity contribution in [3.05, 3.63) is 68.6 Å². The van der Waals surface area contributed by atoms with E-state index in [-0.39, 0.29) is 11.1 Å². The Bertz CT molecular complexity index is 1340. The average molecular weight is 406 g/mol. The third kappa shape index (κ3) is 3.48. The highest BCUT2D eigenvalue weighted by Gasteiger charge is 2.19. The molecule has 0 radical (unpaired) electrons. The quantitative estimate of drug-likeness (QED) is 0.360. The Labute approximate surface area is 172 Å². The number of benzene rings is 2. The van der Waals surface area contributed by atoms with Crippen LogP contribution >= 0.6 is 0 Å². The van der Waals surface area contributed by atoms with Gasteiger partial charge in [0.05, 0.1) is 12.5 Å². The van der Waals surface area contributed by atoms with E-state index >= 15 is 0 Å². The van der Waals surface area contributed by atoms with Crippen LogP contribution in [0, 0.1) is 6.92 Å². The lowest BCUT2D eigenvalue weighted by Gasteiger charge is -2.13. The summed E-state index contributed by atoms with van der Waals surface area (Å²) in [4.78, 5) is 31.1. The van der Waals surface area contributed by atoms with E-state index in [2.05, 4.69) is 4.98 Å². The average Bonchev–Trinajstić information content (AvgIpc) is 2.75. The van der Waals surface area contributed by atoms with Crippen LogP contribution in [-0.2, 0) is 11.3 Å². The summed E-state index contributed by atoms with van der Waals surface area (Å²) in [7, 11) is 3.14. The molecule has 2 aromatic carbocycles.